The SMILES string of the molecule is CCSCCCn1ccc2ccc(Cl)cc21. The lowest BCUT2D eigenvalue weighted by Crippen LogP contribution is -1.97. The standard InChI is InChI=1S/C13H16ClNS/c1-2-16-9-3-7-15-8-6-11-4-5-12(14)10-13(11)15/h4-6,8,10H,2-3,7,9H2,1H3. The van der Waals surface area contributed by atoms with Crippen molar-refractivity contribution in [2.24, 2.45) is 0 Å². The zero-order valence-corrected chi connectivity index (χ0v) is 11.0. The van der Waals surface area contributed by atoms with Gasteiger partial charge in [-0.1, -0.05) is 24.6 Å². The topological polar surface area (TPSA) is 4.93 Å². The Labute approximate surface area is 106 Å². The molecule has 0 saturated heterocycles. The Hall–Kier alpha value is -0.600. The molecule has 1 nitrogen and oxygen atoms in total. The Kier molecular flexibility index (Phi) is 4.19. The van der Waals surface area contributed by atoms with Crippen LogP contribution in [0.1, 0.15) is 13.3 Å². The molecule has 0 fully saturated rings. The zero-order valence-electron chi connectivity index (χ0n) is 9.45. The highest BCUT2D eigenvalue weighted by atomic mass is 35.5. The van der Waals surface area contributed by atoms with Crippen molar-refractivity contribution in [3.8, 4) is 0 Å². The fraction of sp³-hybridized carbons (Fsp3) is 0.385. The molecule has 16 heavy (non-hydrogen) atoms. The number of rotatable bonds is 5. The van der Waals surface area contributed by atoms with Gasteiger partial charge in [0.25, 0.3) is 0 Å². The highest BCUT2D eigenvalue weighted by Gasteiger charge is 2.01. The predicted molar refractivity (Wildman–Crippen MR) is 74.6 cm³/mol. The van der Waals surface area contributed by atoms with E-state index in [9.17, 15) is 0 Å². The molecule has 0 radical (unpaired) electrons. The van der Waals surface area contributed by atoms with Crippen LogP contribution in [0.3, 0.4) is 0 Å². The van der Waals surface area contributed by atoms with Gasteiger partial charge in [-0.15, -0.1) is 0 Å². The minimum Gasteiger partial charge on any atom is -0.347 e. The van der Waals surface area contributed by atoms with E-state index in [1.165, 1.54) is 28.8 Å². The third-order valence-electron chi connectivity index (χ3n) is 2.63. The molecule has 86 valence electrons. The lowest BCUT2D eigenvalue weighted by Gasteiger charge is -2.05. The number of hydrogen-bond donors (Lipinski definition) is 0. The minimum absolute atomic E-state index is 0.815. The maximum absolute atomic E-state index is 6.01. The number of thioether (sulfide) groups is 1. The quantitative estimate of drug-likeness (QED) is 0.714. The molecule has 3 heteroatoms. The summed E-state index contributed by atoms with van der Waals surface area (Å²) in [5, 5.41) is 2.09. The zero-order chi connectivity index (χ0) is 11.4. The molecule has 2 rings (SSSR count). The molecule has 1 heterocycles. The van der Waals surface area contributed by atoms with Gasteiger partial charge in [0, 0.05) is 23.3 Å². The molecular formula is C13H16ClNS. The summed E-state index contributed by atoms with van der Waals surface area (Å²) in [5.74, 6) is 2.44. The van der Waals surface area contributed by atoms with E-state index < -0.39 is 0 Å². The van der Waals surface area contributed by atoms with E-state index in [2.05, 4.69) is 29.8 Å². The van der Waals surface area contributed by atoms with Crippen LogP contribution < -0.4 is 0 Å². The summed E-state index contributed by atoms with van der Waals surface area (Å²) in [7, 11) is 0. The fourth-order valence-corrected chi connectivity index (χ4v) is 2.62. The monoisotopic (exact) mass is 253 g/mol. The largest absolute Gasteiger partial charge is 0.347 e. The molecule has 0 unspecified atom stereocenters. The van der Waals surface area contributed by atoms with Crippen LogP contribution in [0, 0.1) is 0 Å². The first-order chi connectivity index (χ1) is 7.81. The third kappa shape index (κ3) is 2.74. The second-order valence-corrected chi connectivity index (χ2v) is 5.59. The molecule has 1 aromatic carbocycles. The third-order valence-corrected chi connectivity index (χ3v) is 3.85. The average Bonchev–Trinajstić information content (AvgIpc) is 2.67. The first-order valence-electron chi connectivity index (χ1n) is 5.63. The van der Waals surface area contributed by atoms with Crippen LogP contribution in [0.15, 0.2) is 30.5 Å². The lowest BCUT2D eigenvalue weighted by molar-refractivity contribution is 0.709. The molecule has 0 amide bonds. The second kappa shape index (κ2) is 5.65. The molecule has 0 aliphatic rings. The van der Waals surface area contributed by atoms with Crippen molar-refractivity contribution in [3.63, 3.8) is 0 Å². The summed E-state index contributed by atoms with van der Waals surface area (Å²) in [6, 6.07) is 8.22. The van der Waals surface area contributed by atoms with Crippen LogP contribution >= 0.6 is 23.4 Å². The fourth-order valence-electron chi connectivity index (χ4n) is 1.83. The number of hydrogen-bond acceptors (Lipinski definition) is 1. The average molecular weight is 254 g/mol. The molecule has 2 aromatic rings. The van der Waals surface area contributed by atoms with Crippen LogP contribution in [0.4, 0.5) is 0 Å². The number of aryl methyl sites for hydroxylation is 1. The molecule has 0 aliphatic heterocycles. The van der Waals surface area contributed by atoms with Crippen molar-refractivity contribution in [3.05, 3.63) is 35.5 Å². The molecule has 0 saturated carbocycles. The van der Waals surface area contributed by atoms with Crippen molar-refractivity contribution in [2.45, 2.75) is 19.9 Å². The van der Waals surface area contributed by atoms with Gasteiger partial charge >= 0.3 is 0 Å². The van der Waals surface area contributed by atoms with Crippen LogP contribution in [0.25, 0.3) is 10.9 Å². The van der Waals surface area contributed by atoms with Gasteiger partial charge < -0.3 is 4.57 Å². The predicted octanol–water partition coefficient (Wildman–Crippen LogP) is 4.44. The molecular weight excluding hydrogens is 238 g/mol. The number of aromatic nitrogens is 1. The van der Waals surface area contributed by atoms with E-state index in [0.717, 1.165) is 11.6 Å². The molecule has 1 aromatic heterocycles. The molecule has 0 spiro atoms. The van der Waals surface area contributed by atoms with Crippen LogP contribution in [0.2, 0.25) is 5.02 Å². The number of halogens is 1. The van der Waals surface area contributed by atoms with Gasteiger partial charge in [0.05, 0.1) is 0 Å². The summed E-state index contributed by atoms with van der Waals surface area (Å²) >= 11 is 8.01. The summed E-state index contributed by atoms with van der Waals surface area (Å²) in [6.45, 7) is 3.28. The Morgan fingerprint density at radius 2 is 2.19 bits per heavy atom. The normalized spacial score (nSPS) is 11.1. The summed E-state index contributed by atoms with van der Waals surface area (Å²) in [5.41, 5.74) is 1.24. The van der Waals surface area contributed by atoms with Gasteiger partial charge in [-0.2, -0.15) is 11.8 Å². The van der Waals surface area contributed by atoms with Gasteiger partial charge in [-0.25, -0.2) is 0 Å². The highest BCUT2D eigenvalue weighted by molar-refractivity contribution is 7.99. The molecule has 0 N–H and O–H groups in total. The van der Waals surface area contributed by atoms with Crippen molar-refractivity contribution in [1.82, 2.24) is 4.57 Å². The van der Waals surface area contributed by atoms with E-state index in [0.29, 0.717) is 0 Å². The van der Waals surface area contributed by atoms with E-state index >= 15 is 0 Å². The number of benzene rings is 1. The minimum atomic E-state index is 0.815. The van der Waals surface area contributed by atoms with E-state index in [-0.39, 0.29) is 0 Å². The number of nitrogens with zero attached hydrogens (tertiary/aromatic N) is 1. The van der Waals surface area contributed by atoms with Crippen LogP contribution in [-0.4, -0.2) is 16.1 Å². The smallest absolute Gasteiger partial charge is 0.0495 e. The van der Waals surface area contributed by atoms with E-state index in [1.54, 1.807) is 0 Å². The first-order valence-corrected chi connectivity index (χ1v) is 7.16. The van der Waals surface area contributed by atoms with E-state index in [1.807, 2.05) is 23.9 Å². The van der Waals surface area contributed by atoms with Gasteiger partial charge in [-0.05, 0) is 41.5 Å². The van der Waals surface area contributed by atoms with Crippen molar-refractivity contribution in [2.75, 3.05) is 11.5 Å². The molecule has 0 atom stereocenters. The Morgan fingerprint density at radius 1 is 1.31 bits per heavy atom. The Balaban J connectivity index is 2.09. The lowest BCUT2D eigenvalue weighted by atomic mass is 10.2. The van der Waals surface area contributed by atoms with E-state index in [4.69, 9.17) is 11.6 Å². The van der Waals surface area contributed by atoms with Gasteiger partial charge in [0.15, 0.2) is 0 Å². The summed E-state index contributed by atoms with van der Waals surface area (Å²) in [6.07, 6.45) is 3.37. The second-order valence-electron chi connectivity index (χ2n) is 3.76. The molecule has 0 bridgehead atoms. The maximum atomic E-state index is 6.01. The van der Waals surface area contributed by atoms with Gasteiger partial charge in [0.2, 0.25) is 0 Å². The number of fused-ring (bicyclic) bond motifs is 1. The van der Waals surface area contributed by atoms with Crippen molar-refractivity contribution < 1.29 is 0 Å². The maximum Gasteiger partial charge on any atom is 0.0495 e. The van der Waals surface area contributed by atoms with Crippen molar-refractivity contribution >= 4 is 34.3 Å². The summed E-state index contributed by atoms with van der Waals surface area (Å²) in [4.78, 5) is 0. The van der Waals surface area contributed by atoms with Gasteiger partial charge in [-0.3, -0.25) is 0 Å². The Bertz CT molecular complexity index is 464. The van der Waals surface area contributed by atoms with Crippen LogP contribution in [-0.2, 0) is 6.54 Å². The first kappa shape index (κ1) is 11.9. The highest BCUT2D eigenvalue weighted by Crippen LogP contribution is 2.20. The van der Waals surface area contributed by atoms with Crippen molar-refractivity contribution in [1.29, 1.82) is 0 Å². The van der Waals surface area contributed by atoms with Gasteiger partial charge in [0.1, 0.15) is 0 Å². The van der Waals surface area contributed by atoms with Crippen LogP contribution in [0.5, 0.6) is 0 Å². The molecule has 0 aliphatic carbocycles. The Morgan fingerprint density at radius 3 is 3.00 bits per heavy atom. The summed E-state index contributed by atoms with van der Waals surface area (Å²) < 4.78 is 2.29.